The van der Waals surface area contributed by atoms with E-state index in [1.54, 1.807) is 17.7 Å². The minimum Gasteiger partial charge on any atom is -0.508 e. The lowest BCUT2D eigenvalue weighted by Gasteiger charge is -2.64. The summed E-state index contributed by atoms with van der Waals surface area (Å²) in [5.74, 6) is 0.738. The van der Waals surface area contributed by atoms with Crippen LogP contribution in [0.3, 0.4) is 0 Å². The number of esters is 2. The number of ether oxygens (including phenoxy) is 4. The number of rotatable bonds is 7. The second-order valence-corrected chi connectivity index (χ2v) is 21.2. The Hall–Kier alpha value is -3.85. The van der Waals surface area contributed by atoms with E-state index in [0.29, 0.717) is 46.2 Å². The highest BCUT2D eigenvalue weighted by Gasteiger charge is 2.63. The third-order valence-corrected chi connectivity index (χ3v) is 17.4. The molecule has 9 heteroatoms. The quantitative estimate of drug-likeness (QED) is 0.159. The molecular formula is C50H66O9. The van der Waals surface area contributed by atoms with E-state index >= 15 is 0 Å². The van der Waals surface area contributed by atoms with Gasteiger partial charge in [0.25, 0.3) is 0 Å². The minimum absolute atomic E-state index is 0.0114. The molecule has 2 aromatic rings. The maximum Gasteiger partial charge on any atom is 0.311 e. The van der Waals surface area contributed by atoms with Crippen LogP contribution in [0.4, 0.5) is 0 Å². The summed E-state index contributed by atoms with van der Waals surface area (Å²) in [5, 5.41) is 20.3. The summed E-state index contributed by atoms with van der Waals surface area (Å²) in [5.41, 5.74) is 3.07. The summed E-state index contributed by atoms with van der Waals surface area (Å²) in [6.07, 6.45) is 13.2. The van der Waals surface area contributed by atoms with Crippen molar-refractivity contribution < 1.29 is 43.5 Å². The van der Waals surface area contributed by atoms with Crippen LogP contribution in [-0.4, -0.2) is 47.3 Å². The number of benzene rings is 2. The number of phenols is 2. The van der Waals surface area contributed by atoms with Crippen LogP contribution in [0.5, 0.6) is 23.0 Å². The van der Waals surface area contributed by atoms with Gasteiger partial charge in [-0.25, -0.2) is 0 Å². The number of carbonyl (C=O) groups excluding carboxylic acids is 3. The lowest BCUT2D eigenvalue weighted by molar-refractivity contribution is -0.178. The topological polar surface area (TPSA) is 129 Å². The van der Waals surface area contributed by atoms with E-state index in [2.05, 4.69) is 54.5 Å². The molecule has 2 aromatic carbocycles. The van der Waals surface area contributed by atoms with Crippen LogP contribution in [0.1, 0.15) is 154 Å². The van der Waals surface area contributed by atoms with Crippen LogP contribution < -0.4 is 9.47 Å². The van der Waals surface area contributed by atoms with Crippen molar-refractivity contribution in [1.82, 2.24) is 0 Å². The van der Waals surface area contributed by atoms with E-state index in [1.165, 1.54) is 62.8 Å². The van der Waals surface area contributed by atoms with Crippen molar-refractivity contribution in [3.05, 3.63) is 59.2 Å². The van der Waals surface area contributed by atoms with Crippen LogP contribution in [0.2, 0.25) is 0 Å². The van der Waals surface area contributed by atoms with Gasteiger partial charge in [0.15, 0.2) is 5.78 Å². The molecule has 0 radical (unpaired) electrons. The van der Waals surface area contributed by atoms with E-state index < -0.39 is 18.0 Å². The molecule has 320 valence electrons. The molecule has 0 amide bonds. The van der Waals surface area contributed by atoms with Gasteiger partial charge in [0, 0.05) is 24.7 Å². The predicted molar refractivity (Wildman–Crippen MR) is 224 cm³/mol. The van der Waals surface area contributed by atoms with Gasteiger partial charge >= 0.3 is 11.9 Å². The first kappa shape index (κ1) is 41.9. The Labute approximate surface area is 350 Å². The molecule has 1 aliphatic heterocycles. The third-order valence-electron chi connectivity index (χ3n) is 17.4. The van der Waals surface area contributed by atoms with Crippen molar-refractivity contribution in [2.45, 2.75) is 150 Å². The number of allylic oxidation sites excluding steroid dienone is 2. The maximum absolute atomic E-state index is 13.4. The molecule has 1 heterocycles. The Balaban J connectivity index is 0.895. The highest BCUT2D eigenvalue weighted by atomic mass is 16.6. The Morgan fingerprint density at radius 3 is 2.19 bits per heavy atom. The van der Waals surface area contributed by atoms with Crippen LogP contribution in [0.25, 0.3) is 0 Å². The first-order valence-corrected chi connectivity index (χ1v) is 22.3. The van der Waals surface area contributed by atoms with Crippen molar-refractivity contribution in [1.29, 1.82) is 0 Å². The molecule has 5 aliphatic carbocycles. The van der Waals surface area contributed by atoms with Crippen molar-refractivity contribution in [3.8, 4) is 23.0 Å². The number of aromatic hydroxyl groups is 2. The Kier molecular flexibility index (Phi) is 10.6. The zero-order chi connectivity index (χ0) is 42.3. The number of Topliss-reactive ketones (excluding diaryl/α,β-unsaturated/α-hetero) is 1. The molecule has 8 rings (SSSR count). The van der Waals surface area contributed by atoms with E-state index in [9.17, 15) is 24.6 Å². The molecule has 0 saturated heterocycles. The van der Waals surface area contributed by atoms with E-state index in [1.807, 2.05) is 7.11 Å². The monoisotopic (exact) mass is 810 g/mol. The van der Waals surface area contributed by atoms with Crippen LogP contribution in [0, 0.1) is 50.7 Å². The molecule has 10 atom stereocenters. The second-order valence-electron chi connectivity index (χ2n) is 21.2. The Morgan fingerprint density at radius 1 is 0.780 bits per heavy atom. The fraction of sp³-hybridized carbons (Fsp3) is 0.660. The minimum atomic E-state index is -0.656. The summed E-state index contributed by atoms with van der Waals surface area (Å²) in [7, 11) is 1.90. The first-order valence-electron chi connectivity index (χ1n) is 22.3. The Morgan fingerprint density at radius 2 is 1.46 bits per heavy atom. The summed E-state index contributed by atoms with van der Waals surface area (Å²) in [6.45, 7) is 17.3. The fourth-order valence-corrected chi connectivity index (χ4v) is 14.5. The molecule has 59 heavy (non-hydrogen) atoms. The smallest absolute Gasteiger partial charge is 0.311 e. The van der Waals surface area contributed by atoms with Crippen molar-refractivity contribution in [3.63, 3.8) is 0 Å². The van der Waals surface area contributed by atoms with Crippen LogP contribution in [-0.2, 0) is 19.1 Å². The highest BCUT2D eigenvalue weighted by molar-refractivity contribution is 6.02. The average Bonchev–Trinajstić information content (AvgIpc) is 3.32. The van der Waals surface area contributed by atoms with Gasteiger partial charge in [-0.3, -0.25) is 14.4 Å². The zero-order valence-corrected chi connectivity index (χ0v) is 36.5. The normalized spacial score (nSPS) is 36.8. The average molecular weight is 811 g/mol. The van der Waals surface area contributed by atoms with Crippen LogP contribution in [0.15, 0.2) is 48.0 Å². The van der Waals surface area contributed by atoms with Crippen molar-refractivity contribution in [2.24, 2.45) is 50.7 Å². The molecule has 0 spiro atoms. The van der Waals surface area contributed by atoms with Gasteiger partial charge < -0.3 is 29.2 Å². The lowest BCUT2D eigenvalue weighted by atomic mass is 9.42. The van der Waals surface area contributed by atoms with E-state index in [-0.39, 0.29) is 76.0 Å². The number of phenolic OH excluding ortho intramolecular Hbond substituents is 2. The number of fused-ring (bicyclic) bond motifs is 7. The molecular weight excluding hydrogens is 745 g/mol. The SMILES string of the molecule is CO[C@@H]1CC[C@@]2(C)[C@@H](CC[C@@]3(C)CC4=CC[C@H]5C(C)(C)[C@H](OC(=O)CCC(=O)Oc6cc(O)c7c(c6)O[C@H](c6ccc(O)cc6)CC7=O)CC[C@]5(C)[C@H]4CC[C@@H]32)C1(C)C. The first-order chi connectivity index (χ1) is 27.8. The number of methoxy groups -OCH3 is 1. The van der Waals surface area contributed by atoms with Gasteiger partial charge in [-0.2, -0.15) is 0 Å². The summed E-state index contributed by atoms with van der Waals surface area (Å²) in [4.78, 5) is 39.3. The van der Waals surface area contributed by atoms with Crippen LogP contribution >= 0.6 is 0 Å². The number of carbonyl (C=O) groups is 3. The van der Waals surface area contributed by atoms with Gasteiger partial charge in [-0.1, -0.05) is 72.2 Å². The molecule has 0 unspecified atom stereocenters. The largest absolute Gasteiger partial charge is 0.508 e. The third kappa shape index (κ3) is 7.09. The van der Waals surface area contributed by atoms with E-state index in [4.69, 9.17) is 18.9 Å². The molecule has 4 fully saturated rings. The Bertz CT molecular complexity index is 2010. The fourth-order valence-electron chi connectivity index (χ4n) is 14.5. The van der Waals surface area contributed by atoms with E-state index in [0.717, 1.165) is 25.7 Å². The molecule has 0 aromatic heterocycles. The maximum atomic E-state index is 13.4. The lowest BCUT2D eigenvalue weighted by Crippen LogP contribution is -2.58. The molecule has 0 bridgehead atoms. The van der Waals surface area contributed by atoms with Gasteiger partial charge in [-0.05, 0) is 127 Å². The number of hydrogen-bond acceptors (Lipinski definition) is 9. The number of ketones is 1. The second kappa shape index (κ2) is 15.0. The number of hydrogen-bond donors (Lipinski definition) is 2. The van der Waals surface area contributed by atoms with Gasteiger partial charge in [0.2, 0.25) is 0 Å². The van der Waals surface area contributed by atoms with Gasteiger partial charge in [0.1, 0.15) is 40.8 Å². The van der Waals surface area contributed by atoms with Crippen molar-refractivity contribution >= 4 is 17.7 Å². The predicted octanol–water partition coefficient (Wildman–Crippen LogP) is 10.8. The standard InChI is InChI=1S/C50H66O9/c1-46(2)39-19-22-48(5)28-30-11-15-38-47(3,4)42(21-23-49(38,6)33(30)14-16-40(48)50(39,7)24-20-41(46)56-8)59-44(55)18-17-43(54)57-32-25-34(52)45-35(53)27-36(58-37(45)26-32)29-9-12-31(51)13-10-29/h9-13,25-26,33,36,38-42,51-52H,14-24,27-28H2,1-8H3/t33-,36-,38-,39-,40-,41+,42+,48-,49+,50-/m0/s1. The van der Waals surface area contributed by atoms with Crippen molar-refractivity contribution in [2.75, 3.05) is 7.11 Å². The summed E-state index contributed by atoms with van der Waals surface area (Å²) >= 11 is 0. The summed E-state index contributed by atoms with van der Waals surface area (Å²) < 4.78 is 23.9. The summed E-state index contributed by atoms with van der Waals surface area (Å²) in [6, 6.07) is 8.99. The molecule has 9 nitrogen and oxygen atoms in total. The van der Waals surface area contributed by atoms with Gasteiger partial charge in [0.05, 0.1) is 25.4 Å². The van der Waals surface area contributed by atoms with Gasteiger partial charge in [-0.15, -0.1) is 0 Å². The zero-order valence-electron chi connectivity index (χ0n) is 36.5. The molecule has 4 saturated carbocycles. The highest BCUT2D eigenvalue weighted by Crippen LogP contribution is 2.70. The molecule has 2 N–H and O–H groups in total. The molecule has 6 aliphatic rings.